The summed E-state index contributed by atoms with van der Waals surface area (Å²) in [6.45, 7) is 2.30. The van der Waals surface area contributed by atoms with Gasteiger partial charge in [0.2, 0.25) is 5.78 Å². The molecule has 0 radical (unpaired) electrons. The molecule has 4 aromatic rings. The van der Waals surface area contributed by atoms with E-state index in [0.29, 0.717) is 28.9 Å². The summed E-state index contributed by atoms with van der Waals surface area (Å²) in [6.07, 6.45) is 1.63. The molecular weight excluding hydrogens is 404 g/mol. The number of ketones is 1. The Kier molecular flexibility index (Phi) is 6.12. The van der Waals surface area contributed by atoms with Gasteiger partial charge in [0.05, 0.1) is 23.4 Å². The summed E-state index contributed by atoms with van der Waals surface area (Å²) in [7, 11) is 0. The highest BCUT2D eigenvalue weighted by Crippen LogP contribution is 2.22. The first-order valence-corrected chi connectivity index (χ1v) is 10.3. The summed E-state index contributed by atoms with van der Waals surface area (Å²) in [5, 5.41) is 2.88. The Morgan fingerprint density at radius 1 is 0.875 bits per heavy atom. The second kappa shape index (κ2) is 9.31. The van der Waals surface area contributed by atoms with Crippen molar-refractivity contribution in [1.82, 2.24) is 9.72 Å². The average molecular weight is 426 g/mol. The van der Waals surface area contributed by atoms with E-state index in [2.05, 4.69) is 5.32 Å². The van der Waals surface area contributed by atoms with Crippen LogP contribution in [0.2, 0.25) is 0 Å². The van der Waals surface area contributed by atoms with Gasteiger partial charge in [-0.25, -0.2) is 4.79 Å². The van der Waals surface area contributed by atoms with Crippen LogP contribution in [0.5, 0.6) is 0 Å². The van der Waals surface area contributed by atoms with Crippen LogP contribution in [0.25, 0.3) is 5.52 Å². The fourth-order valence-electron chi connectivity index (χ4n) is 3.50. The Bertz CT molecular complexity index is 1280. The number of aromatic nitrogens is 1. The van der Waals surface area contributed by atoms with Crippen molar-refractivity contribution in [3.8, 4) is 0 Å². The number of hydrogen-bond donors (Lipinski definition) is 1. The molecule has 6 nitrogen and oxygen atoms in total. The third kappa shape index (κ3) is 4.30. The number of carbonyl (C=O) groups excluding carboxylic acids is 3. The minimum Gasteiger partial charge on any atom is -0.462 e. The van der Waals surface area contributed by atoms with E-state index in [-0.39, 0.29) is 23.9 Å². The van der Waals surface area contributed by atoms with Crippen LogP contribution in [0, 0.1) is 0 Å². The first kappa shape index (κ1) is 21.1. The molecule has 0 saturated heterocycles. The number of hydrogen-bond acceptors (Lipinski definition) is 4. The molecule has 32 heavy (non-hydrogen) atoms. The van der Waals surface area contributed by atoms with Gasteiger partial charge < -0.3 is 14.5 Å². The van der Waals surface area contributed by atoms with Gasteiger partial charge in [0.1, 0.15) is 0 Å². The van der Waals surface area contributed by atoms with E-state index in [1.165, 1.54) is 6.07 Å². The fraction of sp³-hybridized carbons (Fsp3) is 0.115. The molecule has 1 N–H and O–H groups in total. The van der Waals surface area contributed by atoms with Gasteiger partial charge in [-0.3, -0.25) is 9.59 Å². The lowest BCUT2D eigenvalue weighted by Gasteiger charge is -2.08. The van der Waals surface area contributed by atoms with E-state index < -0.39 is 5.97 Å². The van der Waals surface area contributed by atoms with Gasteiger partial charge in [0, 0.05) is 23.9 Å². The first-order valence-electron chi connectivity index (χ1n) is 10.3. The third-order valence-corrected chi connectivity index (χ3v) is 5.09. The quantitative estimate of drug-likeness (QED) is 0.354. The number of nitrogens with one attached hydrogen (secondary N) is 1. The van der Waals surface area contributed by atoms with Gasteiger partial charge in [0.25, 0.3) is 5.91 Å². The molecule has 6 heteroatoms. The fourth-order valence-corrected chi connectivity index (χ4v) is 3.50. The van der Waals surface area contributed by atoms with Gasteiger partial charge in [-0.15, -0.1) is 0 Å². The molecular formula is C26H22N2O4. The molecule has 0 atom stereocenters. The van der Waals surface area contributed by atoms with Gasteiger partial charge >= 0.3 is 5.97 Å². The Labute approximate surface area is 185 Å². The largest absolute Gasteiger partial charge is 0.462 e. The Morgan fingerprint density at radius 3 is 2.25 bits per heavy atom. The van der Waals surface area contributed by atoms with E-state index >= 15 is 0 Å². The minimum atomic E-state index is -0.543. The summed E-state index contributed by atoms with van der Waals surface area (Å²) in [4.78, 5) is 38.4. The summed E-state index contributed by atoms with van der Waals surface area (Å²) in [6, 6.07) is 23.2. The van der Waals surface area contributed by atoms with Gasteiger partial charge in [0.15, 0.2) is 0 Å². The van der Waals surface area contributed by atoms with E-state index in [1.54, 1.807) is 53.9 Å². The maximum Gasteiger partial charge on any atom is 0.340 e. The van der Waals surface area contributed by atoms with E-state index in [1.807, 2.05) is 36.4 Å². The highest BCUT2D eigenvalue weighted by molar-refractivity contribution is 6.11. The van der Waals surface area contributed by atoms with E-state index in [0.717, 1.165) is 5.56 Å². The van der Waals surface area contributed by atoms with Gasteiger partial charge in [-0.05, 0) is 30.7 Å². The zero-order valence-corrected chi connectivity index (χ0v) is 17.6. The average Bonchev–Trinajstić information content (AvgIpc) is 3.22. The van der Waals surface area contributed by atoms with E-state index in [9.17, 15) is 14.4 Å². The molecule has 0 aliphatic carbocycles. The smallest absolute Gasteiger partial charge is 0.340 e. The number of rotatable bonds is 7. The lowest BCUT2D eigenvalue weighted by Crippen LogP contribution is -2.23. The zero-order chi connectivity index (χ0) is 22.5. The summed E-state index contributed by atoms with van der Waals surface area (Å²) >= 11 is 0. The SMILES string of the molecule is CCOC(=O)c1cc(C(=O)c2ccccc2)n2ccc(C(=O)NCc3ccccc3)cc12. The van der Waals surface area contributed by atoms with Crippen molar-refractivity contribution in [2.24, 2.45) is 0 Å². The summed E-state index contributed by atoms with van der Waals surface area (Å²) < 4.78 is 6.80. The maximum absolute atomic E-state index is 13.1. The van der Waals surface area contributed by atoms with Crippen LogP contribution in [-0.2, 0) is 11.3 Å². The number of nitrogens with zero attached hydrogens (tertiary/aromatic N) is 1. The van der Waals surface area contributed by atoms with Crippen LogP contribution in [0.4, 0.5) is 0 Å². The molecule has 0 fully saturated rings. The van der Waals surface area contributed by atoms with Crippen molar-refractivity contribution < 1.29 is 19.1 Å². The molecule has 4 rings (SSSR count). The van der Waals surface area contributed by atoms with Crippen LogP contribution in [0.3, 0.4) is 0 Å². The minimum absolute atomic E-state index is 0.204. The number of esters is 1. The number of pyridine rings is 1. The van der Waals surface area contributed by atoms with Crippen molar-refractivity contribution in [3.63, 3.8) is 0 Å². The van der Waals surface area contributed by atoms with Crippen molar-refractivity contribution >= 4 is 23.2 Å². The molecule has 0 aliphatic heterocycles. The number of fused-ring (bicyclic) bond motifs is 1. The Hall–Kier alpha value is -4.19. The molecule has 2 aromatic carbocycles. The Balaban J connectivity index is 1.70. The van der Waals surface area contributed by atoms with Crippen molar-refractivity contribution in [3.05, 3.63) is 113 Å². The van der Waals surface area contributed by atoms with Crippen LogP contribution in [0.15, 0.2) is 85.1 Å². The highest BCUT2D eigenvalue weighted by atomic mass is 16.5. The molecule has 2 heterocycles. The molecule has 1 amide bonds. The van der Waals surface area contributed by atoms with Crippen molar-refractivity contribution in [1.29, 1.82) is 0 Å². The van der Waals surface area contributed by atoms with Crippen LogP contribution < -0.4 is 5.32 Å². The molecule has 0 aliphatic rings. The molecule has 2 aromatic heterocycles. The predicted octanol–water partition coefficient (Wildman–Crippen LogP) is 4.28. The number of ether oxygens (including phenoxy) is 1. The molecule has 0 bridgehead atoms. The van der Waals surface area contributed by atoms with Crippen molar-refractivity contribution in [2.45, 2.75) is 13.5 Å². The molecule has 0 spiro atoms. The van der Waals surface area contributed by atoms with E-state index in [4.69, 9.17) is 4.74 Å². The first-order chi connectivity index (χ1) is 15.6. The van der Waals surface area contributed by atoms with Gasteiger partial charge in [-0.1, -0.05) is 60.7 Å². The summed E-state index contributed by atoms with van der Waals surface area (Å²) in [5.74, 6) is -1.04. The molecule has 0 saturated carbocycles. The standard InChI is InChI=1S/C26H22N2O4/c1-2-32-26(31)21-16-23(24(29)19-11-7-4-8-12-19)28-14-13-20(15-22(21)28)25(30)27-17-18-9-5-3-6-10-18/h3-16H,2,17H2,1H3,(H,27,30). The molecule has 160 valence electrons. The number of benzene rings is 2. The highest BCUT2D eigenvalue weighted by Gasteiger charge is 2.22. The second-order valence-corrected chi connectivity index (χ2v) is 7.20. The Morgan fingerprint density at radius 2 is 1.56 bits per heavy atom. The van der Waals surface area contributed by atoms with Crippen molar-refractivity contribution in [2.75, 3.05) is 6.61 Å². The second-order valence-electron chi connectivity index (χ2n) is 7.20. The lowest BCUT2D eigenvalue weighted by molar-refractivity contribution is 0.0528. The third-order valence-electron chi connectivity index (χ3n) is 5.09. The number of amides is 1. The normalized spacial score (nSPS) is 10.7. The van der Waals surface area contributed by atoms with Gasteiger partial charge in [-0.2, -0.15) is 0 Å². The maximum atomic E-state index is 13.1. The monoisotopic (exact) mass is 426 g/mol. The molecule has 0 unspecified atom stereocenters. The summed E-state index contributed by atoms with van der Waals surface area (Å²) in [5.41, 5.74) is 2.87. The van der Waals surface area contributed by atoms with Crippen LogP contribution in [0.1, 0.15) is 49.3 Å². The van der Waals surface area contributed by atoms with Crippen LogP contribution in [-0.4, -0.2) is 28.7 Å². The lowest BCUT2D eigenvalue weighted by atomic mass is 10.1. The predicted molar refractivity (Wildman–Crippen MR) is 121 cm³/mol. The van der Waals surface area contributed by atoms with Crippen LogP contribution >= 0.6 is 0 Å². The topological polar surface area (TPSA) is 76.9 Å². The number of carbonyl (C=O) groups is 3. The zero-order valence-electron chi connectivity index (χ0n) is 17.6.